The van der Waals surface area contributed by atoms with Crippen LogP contribution in [0.25, 0.3) is 10.2 Å². The van der Waals surface area contributed by atoms with Gasteiger partial charge in [0.15, 0.2) is 10.1 Å². The lowest BCUT2D eigenvalue weighted by Gasteiger charge is -2.10. The van der Waals surface area contributed by atoms with E-state index in [1.165, 1.54) is 11.3 Å². The van der Waals surface area contributed by atoms with Crippen molar-refractivity contribution in [3.8, 4) is 5.75 Å². The number of hydrogen-bond donors (Lipinski definition) is 2. The minimum absolute atomic E-state index is 0.292. The Morgan fingerprint density at radius 3 is 2.58 bits per heavy atom. The van der Waals surface area contributed by atoms with Gasteiger partial charge in [-0.1, -0.05) is 54.6 Å². The van der Waals surface area contributed by atoms with Gasteiger partial charge in [0.1, 0.15) is 12.4 Å². The highest BCUT2D eigenvalue weighted by atomic mass is 32.1. The van der Waals surface area contributed by atoms with Crippen molar-refractivity contribution in [3.63, 3.8) is 0 Å². The van der Waals surface area contributed by atoms with Gasteiger partial charge < -0.3 is 10.1 Å². The third kappa shape index (κ3) is 5.87. The average Bonchev–Trinajstić information content (AvgIpc) is 3.23. The summed E-state index contributed by atoms with van der Waals surface area (Å²) < 4.78 is 6.85. The van der Waals surface area contributed by atoms with Gasteiger partial charge in [-0.15, -0.1) is 11.3 Å². The molecule has 5 nitrogen and oxygen atoms in total. The van der Waals surface area contributed by atoms with E-state index in [9.17, 15) is 4.79 Å². The number of aromatic nitrogens is 1. The van der Waals surface area contributed by atoms with Crippen LogP contribution in [0, 0.1) is 0 Å². The Hall–Kier alpha value is -3.29. The molecule has 1 aromatic heterocycles. The fraction of sp³-hybridized carbons (Fsp3) is 0.125. The predicted molar refractivity (Wildman–Crippen MR) is 129 cm³/mol. The van der Waals surface area contributed by atoms with Gasteiger partial charge in [0.2, 0.25) is 0 Å². The van der Waals surface area contributed by atoms with Crippen LogP contribution < -0.4 is 15.4 Å². The molecule has 0 aliphatic heterocycles. The van der Waals surface area contributed by atoms with Crippen LogP contribution in [0.3, 0.4) is 0 Å². The number of amides is 1. The second-order valence-corrected chi connectivity index (χ2v) is 8.31. The Morgan fingerprint density at radius 1 is 0.968 bits per heavy atom. The summed E-state index contributed by atoms with van der Waals surface area (Å²) in [4.78, 5) is 16.7. The molecule has 0 bridgehead atoms. The Morgan fingerprint density at radius 2 is 1.74 bits per heavy atom. The van der Waals surface area contributed by atoms with Crippen LogP contribution in [0.5, 0.6) is 5.75 Å². The number of ether oxygens (including phenoxy) is 1. The SMILES string of the molecule is O=C(NC(=S)NCCc1cccc(OCc2ccccc2)c1)c1nc2ccccc2s1. The molecule has 0 saturated carbocycles. The summed E-state index contributed by atoms with van der Waals surface area (Å²) in [6.45, 7) is 1.13. The van der Waals surface area contributed by atoms with Crippen molar-refractivity contribution >= 4 is 44.8 Å². The Labute approximate surface area is 190 Å². The fourth-order valence-corrected chi connectivity index (χ4v) is 4.08. The van der Waals surface area contributed by atoms with E-state index in [4.69, 9.17) is 17.0 Å². The largest absolute Gasteiger partial charge is 0.489 e. The van der Waals surface area contributed by atoms with E-state index in [-0.39, 0.29) is 5.91 Å². The summed E-state index contributed by atoms with van der Waals surface area (Å²) in [7, 11) is 0. The number of benzene rings is 3. The number of nitrogens with zero attached hydrogens (tertiary/aromatic N) is 1. The molecule has 3 aromatic carbocycles. The Kier molecular flexibility index (Phi) is 6.86. The number of para-hydroxylation sites is 1. The number of hydrogen-bond acceptors (Lipinski definition) is 5. The lowest BCUT2D eigenvalue weighted by Crippen LogP contribution is -2.40. The van der Waals surface area contributed by atoms with Crippen LogP contribution in [0.4, 0.5) is 0 Å². The summed E-state index contributed by atoms with van der Waals surface area (Å²) in [6, 6.07) is 25.7. The van der Waals surface area contributed by atoms with Crippen molar-refractivity contribution in [2.75, 3.05) is 6.54 Å². The van der Waals surface area contributed by atoms with Gasteiger partial charge in [-0.05, 0) is 54.0 Å². The van der Waals surface area contributed by atoms with E-state index in [1.54, 1.807) is 0 Å². The molecule has 1 heterocycles. The fourth-order valence-electron chi connectivity index (χ4n) is 3.02. The molecule has 0 aliphatic rings. The third-order valence-electron chi connectivity index (χ3n) is 4.56. The van der Waals surface area contributed by atoms with Crippen LogP contribution in [0.2, 0.25) is 0 Å². The zero-order valence-electron chi connectivity index (χ0n) is 16.7. The second kappa shape index (κ2) is 10.1. The van der Waals surface area contributed by atoms with Crippen LogP contribution in [0.1, 0.15) is 20.9 Å². The first-order chi connectivity index (χ1) is 15.2. The molecule has 0 radical (unpaired) electrons. The number of fused-ring (bicyclic) bond motifs is 1. The second-order valence-electron chi connectivity index (χ2n) is 6.87. The smallest absolute Gasteiger partial charge is 0.286 e. The molecule has 0 saturated heterocycles. The molecule has 1 amide bonds. The van der Waals surface area contributed by atoms with Gasteiger partial charge in [-0.2, -0.15) is 0 Å². The highest BCUT2D eigenvalue weighted by Crippen LogP contribution is 2.21. The molecular weight excluding hydrogens is 426 g/mol. The van der Waals surface area contributed by atoms with E-state index in [0.717, 1.165) is 33.5 Å². The maximum atomic E-state index is 12.4. The first-order valence-electron chi connectivity index (χ1n) is 9.88. The highest BCUT2D eigenvalue weighted by Gasteiger charge is 2.13. The van der Waals surface area contributed by atoms with Gasteiger partial charge in [0.05, 0.1) is 10.2 Å². The van der Waals surface area contributed by atoms with Gasteiger partial charge in [0, 0.05) is 6.54 Å². The normalized spacial score (nSPS) is 10.6. The number of rotatable bonds is 7. The summed E-state index contributed by atoms with van der Waals surface area (Å²) in [5.74, 6) is 0.531. The first-order valence-corrected chi connectivity index (χ1v) is 11.1. The van der Waals surface area contributed by atoms with E-state index in [2.05, 4.69) is 15.6 Å². The highest BCUT2D eigenvalue weighted by molar-refractivity contribution is 7.80. The molecule has 2 N–H and O–H groups in total. The number of nitrogens with one attached hydrogen (secondary N) is 2. The lowest BCUT2D eigenvalue weighted by molar-refractivity contribution is 0.0976. The van der Waals surface area contributed by atoms with Crippen molar-refractivity contribution < 1.29 is 9.53 Å². The van der Waals surface area contributed by atoms with Crippen LogP contribution in [0.15, 0.2) is 78.9 Å². The molecule has 0 unspecified atom stereocenters. The van der Waals surface area contributed by atoms with Crippen molar-refractivity contribution in [2.24, 2.45) is 0 Å². The summed E-state index contributed by atoms with van der Waals surface area (Å²) >= 11 is 6.61. The monoisotopic (exact) mass is 447 g/mol. The molecule has 4 rings (SSSR count). The van der Waals surface area contributed by atoms with Crippen LogP contribution in [-0.4, -0.2) is 22.5 Å². The van der Waals surface area contributed by atoms with E-state index < -0.39 is 0 Å². The van der Waals surface area contributed by atoms with Crippen molar-refractivity contribution in [3.05, 3.63) is 95.0 Å². The molecule has 7 heteroatoms. The topological polar surface area (TPSA) is 63.2 Å². The van der Waals surface area contributed by atoms with Gasteiger partial charge in [-0.25, -0.2) is 4.98 Å². The molecule has 31 heavy (non-hydrogen) atoms. The third-order valence-corrected chi connectivity index (χ3v) is 5.84. The Bertz CT molecular complexity index is 1160. The predicted octanol–water partition coefficient (Wildman–Crippen LogP) is 4.72. The summed E-state index contributed by atoms with van der Waals surface area (Å²) in [5, 5.41) is 6.47. The summed E-state index contributed by atoms with van der Waals surface area (Å²) in [5.41, 5.74) is 3.06. The minimum Gasteiger partial charge on any atom is -0.489 e. The number of carbonyl (C=O) groups is 1. The van der Waals surface area contributed by atoms with E-state index >= 15 is 0 Å². The molecule has 0 aliphatic carbocycles. The Balaban J connectivity index is 1.24. The maximum absolute atomic E-state index is 12.4. The van der Waals surface area contributed by atoms with Crippen LogP contribution in [-0.2, 0) is 13.0 Å². The molecule has 4 aromatic rings. The number of thiocarbonyl (C=S) groups is 1. The standard InChI is InChI=1S/C24H21N3O2S2/c28-22(23-26-20-11-4-5-12-21(20)31-23)27-24(30)25-14-13-17-9-6-10-19(15-17)29-16-18-7-2-1-3-8-18/h1-12,15H,13-14,16H2,(H2,25,27,28,30). The minimum atomic E-state index is -0.296. The van der Waals surface area contributed by atoms with Gasteiger partial charge >= 0.3 is 0 Å². The zero-order chi connectivity index (χ0) is 21.5. The molecule has 156 valence electrons. The van der Waals surface area contributed by atoms with E-state index in [0.29, 0.717) is 23.3 Å². The molecule has 0 spiro atoms. The molecule has 0 fully saturated rings. The maximum Gasteiger partial charge on any atom is 0.286 e. The van der Waals surface area contributed by atoms with E-state index in [1.807, 2.05) is 78.9 Å². The average molecular weight is 448 g/mol. The summed E-state index contributed by atoms with van der Waals surface area (Å²) in [6.07, 6.45) is 0.750. The van der Waals surface area contributed by atoms with Crippen molar-refractivity contribution in [1.29, 1.82) is 0 Å². The quantitative estimate of drug-likeness (QED) is 0.401. The van der Waals surface area contributed by atoms with Crippen molar-refractivity contribution in [1.82, 2.24) is 15.6 Å². The first kappa shape index (κ1) is 21.0. The number of carbonyl (C=O) groups excluding carboxylic acids is 1. The van der Waals surface area contributed by atoms with Crippen LogP contribution >= 0.6 is 23.6 Å². The number of thiazole rings is 1. The van der Waals surface area contributed by atoms with Gasteiger partial charge in [0.25, 0.3) is 5.91 Å². The van der Waals surface area contributed by atoms with Crippen molar-refractivity contribution in [2.45, 2.75) is 13.0 Å². The molecule has 0 atom stereocenters. The molecular formula is C24H21N3O2S2. The van der Waals surface area contributed by atoms with Gasteiger partial charge in [-0.3, -0.25) is 10.1 Å². The lowest BCUT2D eigenvalue weighted by atomic mass is 10.1. The zero-order valence-corrected chi connectivity index (χ0v) is 18.3.